The number of rotatable bonds is 1. The van der Waals surface area contributed by atoms with E-state index in [1.54, 1.807) is 13.8 Å². The quantitative estimate of drug-likeness (QED) is 0.620. The highest BCUT2D eigenvalue weighted by atomic mass is 19.4. The van der Waals surface area contributed by atoms with Crippen molar-refractivity contribution in [3.63, 3.8) is 0 Å². The van der Waals surface area contributed by atoms with Crippen LogP contribution >= 0.6 is 0 Å². The lowest BCUT2D eigenvalue weighted by Gasteiger charge is -2.14. The largest absolute Gasteiger partial charge is 0.416 e. The molecule has 0 fully saturated rings. The molecule has 1 aromatic rings. The third-order valence-corrected chi connectivity index (χ3v) is 2.27. The van der Waals surface area contributed by atoms with Gasteiger partial charge in [0.25, 0.3) is 0 Å². The molecular weight excluding hydrogens is 208 g/mol. The molecule has 0 radical (unpaired) electrons. The summed E-state index contributed by atoms with van der Waals surface area (Å²) in [6.45, 7) is 4.82. The van der Waals surface area contributed by atoms with E-state index in [1.807, 2.05) is 0 Å². The summed E-state index contributed by atoms with van der Waals surface area (Å²) in [5.41, 5.74) is -0.516. The van der Waals surface area contributed by atoms with Crippen molar-refractivity contribution in [1.29, 1.82) is 0 Å². The first-order valence-corrected chi connectivity index (χ1v) is 4.60. The molecule has 4 heteroatoms. The fourth-order valence-electron chi connectivity index (χ4n) is 1.45. The Bertz CT molecular complexity index is 364. The topological polar surface area (TPSA) is 0 Å². The lowest BCUT2D eigenvalue weighted by Crippen LogP contribution is -2.09. The zero-order valence-electron chi connectivity index (χ0n) is 8.74. The maximum Gasteiger partial charge on any atom is 0.416 e. The van der Waals surface area contributed by atoms with Crippen LogP contribution in [-0.4, -0.2) is 0 Å². The van der Waals surface area contributed by atoms with Gasteiger partial charge in [-0.05, 0) is 30.0 Å². The number of alkyl halides is 3. The highest BCUT2D eigenvalue weighted by Crippen LogP contribution is 2.34. The van der Waals surface area contributed by atoms with E-state index in [0.717, 1.165) is 0 Å². The molecular formula is C11H12F4. The lowest BCUT2D eigenvalue weighted by atomic mass is 9.97. The minimum Gasteiger partial charge on any atom is -0.207 e. The Hall–Kier alpha value is -1.06. The number of aryl methyl sites for hydroxylation is 1. The average molecular weight is 220 g/mol. The molecule has 0 aromatic heterocycles. The summed E-state index contributed by atoms with van der Waals surface area (Å²) in [5.74, 6) is -0.908. The van der Waals surface area contributed by atoms with Crippen LogP contribution in [0.1, 0.15) is 36.5 Å². The molecule has 0 saturated heterocycles. The summed E-state index contributed by atoms with van der Waals surface area (Å²) < 4.78 is 50.5. The third-order valence-electron chi connectivity index (χ3n) is 2.27. The first-order valence-electron chi connectivity index (χ1n) is 4.60. The van der Waals surface area contributed by atoms with Crippen molar-refractivity contribution < 1.29 is 17.6 Å². The van der Waals surface area contributed by atoms with Gasteiger partial charge < -0.3 is 0 Å². The Morgan fingerprint density at radius 1 is 1.13 bits per heavy atom. The molecule has 0 aliphatic heterocycles. The molecule has 0 atom stereocenters. The first kappa shape index (κ1) is 12.0. The minimum absolute atomic E-state index is 0.0626. The van der Waals surface area contributed by atoms with E-state index in [2.05, 4.69) is 0 Å². The van der Waals surface area contributed by atoms with E-state index < -0.39 is 17.6 Å². The highest BCUT2D eigenvalue weighted by Gasteiger charge is 2.33. The molecule has 0 amide bonds. The predicted octanol–water partition coefficient (Wildman–Crippen LogP) is 4.28. The first-order chi connectivity index (χ1) is 6.73. The normalized spacial score (nSPS) is 12.3. The van der Waals surface area contributed by atoms with Crippen LogP contribution in [-0.2, 0) is 6.18 Å². The summed E-state index contributed by atoms with van der Waals surface area (Å²) in [4.78, 5) is 0. The van der Waals surface area contributed by atoms with Crippen molar-refractivity contribution in [2.24, 2.45) is 0 Å². The molecule has 0 heterocycles. The monoisotopic (exact) mass is 220 g/mol. The Balaban J connectivity index is 3.32. The molecule has 0 N–H and O–H groups in total. The van der Waals surface area contributed by atoms with Crippen molar-refractivity contribution in [2.75, 3.05) is 0 Å². The summed E-state index contributed by atoms with van der Waals surface area (Å²) in [6.07, 6.45) is -4.49. The molecule has 1 rings (SSSR count). The molecule has 0 unspecified atom stereocenters. The van der Waals surface area contributed by atoms with Gasteiger partial charge in [-0.15, -0.1) is 0 Å². The Labute approximate surface area is 85.9 Å². The van der Waals surface area contributed by atoms with Gasteiger partial charge in [0, 0.05) is 0 Å². The summed E-state index contributed by atoms with van der Waals surface area (Å²) in [7, 11) is 0. The lowest BCUT2D eigenvalue weighted by molar-refractivity contribution is -0.138. The van der Waals surface area contributed by atoms with E-state index in [1.165, 1.54) is 13.0 Å². The van der Waals surface area contributed by atoms with E-state index in [0.29, 0.717) is 11.6 Å². The molecule has 84 valence electrons. The zero-order valence-corrected chi connectivity index (χ0v) is 8.74. The second-order valence-corrected chi connectivity index (χ2v) is 3.84. The van der Waals surface area contributed by atoms with Gasteiger partial charge in [-0.2, -0.15) is 13.2 Å². The van der Waals surface area contributed by atoms with Crippen LogP contribution in [0, 0.1) is 12.7 Å². The van der Waals surface area contributed by atoms with E-state index in [-0.39, 0.29) is 11.5 Å². The van der Waals surface area contributed by atoms with E-state index in [4.69, 9.17) is 0 Å². The number of hydrogen-bond donors (Lipinski definition) is 0. The van der Waals surface area contributed by atoms with E-state index in [9.17, 15) is 17.6 Å². The van der Waals surface area contributed by atoms with Crippen LogP contribution in [0.25, 0.3) is 0 Å². The molecule has 0 bridgehead atoms. The van der Waals surface area contributed by atoms with Crippen molar-refractivity contribution in [3.05, 3.63) is 34.6 Å². The van der Waals surface area contributed by atoms with Crippen LogP contribution < -0.4 is 0 Å². The second-order valence-electron chi connectivity index (χ2n) is 3.84. The Kier molecular flexibility index (Phi) is 3.07. The summed E-state index contributed by atoms with van der Waals surface area (Å²) in [5, 5.41) is 0. The molecule has 0 spiro atoms. The van der Waals surface area contributed by atoms with Crippen LogP contribution in [0.5, 0.6) is 0 Å². The Morgan fingerprint density at radius 3 is 2.07 bits per heavy atom. The molecule has 1 aromatic carbocycles. The van der Waals surface area contributed by atoms with Crippen LogP contribution in [0.3, 0.4) is 0 Å². The SMILES string of the molecule is Cc1cc(C(C)C)c(F)cc1C(F)(F)F. The van der Waals surface area contributed by atoms with Gasteiger partial charge in [0.15, 0.2) is 0 Å². The van der Waals surface area contributed by atoms with Crippen LogP contribution in [0.15, 0.2) is 12.1 Å². The minimum atomic E-state index is -4.49. The van der Waals surface area contributed by atoms with Crippen LogP contribution in [0.2, 0.25) is 0 Å². The van der Waals surface area contributed by atoms with Crippen molar-refractivity contribution in [1.82, 2.24) is 0 Å². The predicted molar refractivity (Wildman–Crippen MR) is 50.2 cm³/mol. The fourth-order valence-corrected chi connectivity index (χ4v) is 1.45. The summed E-state index contributed by atoms with van der Waals surface area (Å²) >= 11 is 0. The number of hydrogen-bond acceptors (Lipinski definition) is 0. The standard InChI is InChI=1S/C11H12F4/c1-6(2)8-4-7(3)9(5-10(8)12)11(13,14)15/h4-6H,1-3H3. The van der Waals surface area contributed by atoms with E-state index >= 15 is 0 Å². The molecule has 0 aliphatic carbocycles. The second kappa shape index (κ2) is 3.83. The number of halogens is 4. The van der Waals surface area contributed by atoms with Gasteiger partial charge in [0.1, 0.15) is 5.82 Å². The van der Waals surface area contributed by atoms with Gasteiger partial charge >= 0.3 is 6.18 Å². The van der Waals surface area contributed by atoms with Gasteiger partial charge in [-0.3, -0.25) is 0 Å². The van der Waals surface area contributed by atoms with Gasteiger partial charge in [-0.25, -0.2) is 4.39 Å². The zero-order chi connectivity index (χ0) is 11.8. The van der Waals surface area contributed by atoms with Crippen molar-refractivity contribution >= 4 is 0 Å². The third kappa shape index (κ3) is 2.49. The Morgan fingerprint density at radius 2 is 1.67 bits per heavy atom. The molecule has 0 aliphatic rings. The van der Waals surface area contributed by atoms with Crippen molar-refractivity contribution in [3.8, 4) is 0 Å². The molecule has 15 heavy (non-hydrogen) atoms. The van der Waals surface area contributed by atoms with Crippen molar-refractivity contribution in [2.45, 2.75) is 32.9 Å². The average Bonchev–Trinajstić information content (AvgIpc) is 2.06. The van der Waals surface area contributed by atoms with Crippen LogP contribution in [0.4, 0.5) is 17.6 Å². The number of benzene rings is 1. The summed E-state index contributed by atoms with van der Waals surface area (Å²) in [6, 6.07) is 1.84. The van der Waals surface area contributed by atoms with Gasteiger partial charge in [0.05, 0.1) is 5.56 Å². The smallest absolute Gasteiger partial charge is 0.207 e. The maximum absolute atomic E-state index is 13.3. The highest BCUT2D eigenvalue weighted by molar-refractivity contribution is 5.35. The van der Waals surface area contributed by atoms with Gasteiger partial charge in [0.2, 0.25) is 0 Å². The fraction of sp³-hybridized carbons (Fsp3) is 0.455. The van der Waals surface area contributed by atoms with Gasteiger partial charge in [-0.1, -0.05) is 19.9 Å². The molecule has 0 saturated carbocycles. The molecule has 0 nitrogen and oxygen atoms in total. The maximum atomic E-state index is 13.3.